The van der Waals surface area contributed by atoms with E-state index in [4.69, 9.17) is 10.00 Å². The van der Waals surface area contributed by atoms with Gasteiger partial charge in [0.15, 0.2) is 6.23 Å². The molecule has 3 nitrogen and oxygen atoms in total. The first kappa shape index (κ1) is 15.5. The van der Waals surface area contributed by atoms with Crippen LogP contribution in [0.25, 0.3) is 0 Å². The lowest BCUT2D eigenvalue weighted by atomic mass is 10.2. The van der Waals surface area contributed by atoms with Crippen LogP contribution in [0.15, 0.2) is 24.3 Å². The Morgan fingerprint density at radius 2 is 1.79 bits per heavy atom. The molecule has 0 aliphatic carbocycles. The third kappa shape index (κ3) is 4.92. The summed E-state index contributed by atoms with van der Waals surface area (Å²) in [6.45, 7) is 8.48. The Morgan fingerprint density at radius 3 is 2.26 bits per heavy atom. The van der Waals surface area contributed by atoms with Crippen molar-refractivity contribution < 1.29 is 4.74 Å². The fourth-order valence-electron chi connectivity index (χ4n) is 2.09. The quantitative estimate of drug-likeness (QED) is 0.667. The Labute approximate surface area is 116 Å². The molecular weight excluding hydrogens is 236 g/mol. The number of benzene rings is 1. The fourth-order valence-corrected chi connectivity index (χ4v) is 2.09. The van der Waals surface area contributed by atoms with Crippen molar-refractivity contribution in [2.45, 2.75) is 46.3 Å². The lowest BCUT2D eigenvalue weighted by Gasteiger charge is -2.30. The van der Waals surface area contributed by atoms with Crippen LogP contribution in [0.4, 0.5) is 0 Å². The molecule has 0 heterocycles. The van der Waals surface area contributed by atoms with E-state index in [2.05, 4.69) is 31.7 Å². The van der Waals surface area contributed by atoms with E-state index in [1.165, 1.54) is 6.42 Å². The van der Waals surface area contributed by atoms with E-state index >= 15 is 0 Å². The summed E-state index contributed by atoms with van der Waals surface area (Å²) >= 11 is 0. The Kier molecular flexibility index (Phi) is 6.99. The van der Waals surface area contributed by atoms with Crippen LogP contribution in [0.2, 0.25) is 0 Å². The van der Waals surface area contributed by atoms with E-state index in [0.29, 0.717) is 5.56 Å². The van der Waals surface area contributed by atoms with Gasteiger partial charge in [-0.15, -0.1) is 0 Å². The molecule has 0 saturated heterocycles. The summed E-state index contributed by atoms with van der Waals surface area (Å²) in [6, 6.07) is 9.47. The van der Waals surface area contributed by atoms with Gasteiger partial charge >= 0.3 is 0 Å². The summed E-state index contributed by atoms with van der Waals surface area (Å²) in [5.41, 5.74) is 0.667. The standard InChI is InChI=1S/C16H24N2O/c1-4-7-8-16(18(5-2)6-3)19-15-11-9-14(13-17)10-12-15/h9-12,16H,4-8H2,1-3H3. The second kappa shape index (κ2) is 8.55. The minimum atomic E-state index is 0.128. The van der Waals surface area contributed by atoms with Crippen LogP contribution in [0.3, 0.4) is 0 Å². The van der Waals surface area contributed by atoms with Gasteiger partial charge in [-0.2, -0.15) is 5.26 Å². The van der Waals surface area contributed by atoms with Crippen molar-refractivity contribution in [2.24, 2.45) is 0 Å². The normalized spacial score (nSPS) is 12.2. The smallest absolute Gasteiger partial charge is 0.152 e. The highest BCUT2D eigenvalue weighted by Crippen LogP contribution is 2.18. The fraction of sp³-hybridized carbons (Fsp3) is 0.562. The first-order valence-electron chi connectivity index (χ1n) is 7.16. The van der Waals surface area contributed by atoms with Crippen molar-refractivity contribution >= 4 is 0 Å². The average Bonchev–Trinajstić information content (AvgIpc) is 2.46. The number of unbranched alkanes of at least 4 members (excludes halogenated alkanes) is 1. The first-order chi connectivity index (χ1) is 9.24. The Bertz CT molecular complexity index is 390. The van der Waals surface area contributed by atoms with Gasteiger partial charge in [0.25, 0.3) is 0 Å². The largest absolute Gasteiger partial charge is 0.475 e. The van der Waals surface area contributed by atoms with Crippen molar-refractivity contribution in [3.63, 3.8) is 0 Å². The SMILES string of the molecule is CCCCC(Oc1ccc(C#N)cc1)N(CC)CC. The van der Waals surface area contributed by atoms with Gasteiger partial charge in [0.2, 0.25) is 0 Å². The maximum atomic E-state index is 8.79. The summed E-state index contributed by atoms with van der Waals surface area (Å²) in [6.07, 6.45) is 3.51. The van der Waals surface area contributed by atoms with Crippen LogP contribution in [0, 0.1) is 11.3 Å². The topological polar surface area (TPSA) is 36.3 Å². The van der Waals surface area contributed by atoms with E-state index < -0.39 is 0 Å². The van der Waals surface area contributed by atoms with Crippen molar-refractivity contribution in [2.75, 3.05) is 13.1 Å². The molecule has 1 aromatic carbocycles. The van der Waals surface area contributed by atoms with Crippen molar-refractivity contribution in [3.8, 4) is 11.8 Å². The average molecular weight is 260 g/mol. The van der Waals surface area contributed by atoms with Gasteiger partial charge in [-0.05, 0) is 50.2 Å². The third-order valence-electron chi connectivity index (χ3n) is 3.28. The highest BCUT2D eigenvalue weighted by molar-refractivity contribution is 5.34. The van der Waals surface area contributed by atoms with E-state index in [1.807, 2.05) is 12.1 Å². The van der Waals surface area contributed by atoms with Gasteiger partial charge in [0.05, 0.1) is 11.6 Å². The van der Waals surface area contributed by atoms with Crippen molar-refractivity contribution in [3.05, 3.63) is 29.8 Å². The minimum Gasteiger partial charge on any atom is -0.475 e. The first-order valence-corrected chi connectivity index (χ1v) is 7.16. The number of nitrogens with zero attached hydrogens (tertiary/aromatic N) is 2. The Hall–Kier alpha value is -1.53. The molecule has 0 N–H and O–H groups in total. The van der Waals surface area contributed by atoms with E-state index in [9.17, 15) is 0 Å². The summed E-state index contributed by atoms with van der Waals surface area (Å²) in [5, 5.41) is 8.79. The van der Waals surface area contributed by atoms with E-state index in [1.54, 1.807) is 12.1 Å². The second-order valence-corrected chi connectivity index (χ2v) is 4.57. The summed E-state index contributed by atoms with van der Waals surface area (Å²) < 4.78 is 6.08. The van der Waals surface area contributed by atoms with Crippen LogP contribution >= 0.6 is 0 Å². The molecule has 19 heavy (non-hydrogen) atoms. The van der Waals surface area contributed by atoms with Crippen LogP contribution in [0.1, 0.15) is 45.6 Å². The summed E-state index contributed by atoms with van der Waals surface area (Å²) in [7, 11) is 0. The predicted molar refractivity (Wildman–Crippen MR) is 78.0 cm³/mol. The monoisotopic (exact) mass is 260 g/mol. The Balaban J connectivity index is 2.71. The molecule has 1 atom stereocenters. The molecule has 0 saturated carbocycles. The molecule has 0 aromatic heterocycles. The number of rotatable bonds is 8. The zero-order chi connectivity index (χ0) is 14.1. The molecule has 3 heteroatoms. The highest BCUT2D eigenvalue weighted by Gasteiger charge is 2.16. The molecule has 1 unspecified atom stereocenters. The van der Waals surface area contributed by atoms with Crippen LogP contribution in [-0.4, -0.2) is 24.2 Å². The van der Waals surface area contributed by atoms with Crippen molar-refractivity contribution in [1.82, 2.24) is 4.90 Å². The lowest BCUT2D eigenvalue weighted by molar-refractivity contribution is 0.0244. The number of hydrogen-bond donors (Lipinski definition) is 0. The molecule has 104 valence electrons. The molecule has 0 bridgehead atoms. The van der Waals surface area contributed by atoms with Gasteiger partial charge in [-0.25, -0.2) is 0 Å². The van der Waals surface area contributed by atoms with Crippen LogP contribution < -0.4 is 4.74 Å². The van der Waals surface area contributed by atoms with Crippen LogP contribution in [-0.2, 0) is 0 Å². The summed E-state index contributed by atoms with van der Waals surface area (Å²) in [4.78, 5) is 2.33. The molecule has 0 amide bonds. The number of hydrogen-bond acceptors (Lipinski definition) is 3. The zero-order valence-electron chi connectivity index (χ0n) is 12.2. The minimum absolute atomic E-state index is 0.128. The number of nitriles is 1. The maximum Gasteiger partial charge on any atom is 0.152 e. The molecule has 0 aliphatic heterocycles. The van der Waals surface area contributed by atoms with Gasteiger partial charge in [0.1, 0.15) is 5.75 Å². The van der Waals surface area contributed by atoms with E-state index in [-0.39, 0.29) is 6.23 Å². The molecule has 1 aromatic rings. The summed E-state index contributed by atoms with van der Waals surface area (Å²) in [5.74, 6) is 0.840. The van der Waals surface area contributed by atoms with Crippen molar-refractivity contribution in [1.29, 1.82) is 5.26 Å². The maximum absolute atomic E-state index is 8.79. The molecule has 0 spiro atoms. The van der Waals surface area contributed by atoms with Gasteiger partial charge in [-0.1, -0.05) is 27.2 Å². The van der Waals surface area contributed by atoms with Gasteiger partial charge in [0, 0.05) is 0 Å². The zero-order valence-corrected chi connectivity index (χ0v) is 12.2. The lowest BCUT2D eigenvalue weighted by Crippen LogP contribution is -2.39. The molecule has 1 rings (SSSR count). The second-order valence-electron chi connectivity index (χ2n) is 4.57. The number of ether oxygens (including phenoxy) is 1. The van der Waals surface area contributed by atoms with Gasteiger partial charge in [-0.3, -0.25) is 4.90 Å². The predicted octanol–water partition coefficient (Wildman–Crippen LogP) is 3.80. The molecular formula is C16H24N2O. The Morgan fingerprint density at radius 1 is 1.16 bits per heavy atom. The third-order valence-corrected chi connectivity index (χ3v) is 3.28. The molecule has 0 aliphatic rings. The highest BCUT2D eigenvalue weighted by atomic mass is 16.5. The van der Waals surface area contributed by atoms with E-state index in [0.717, 1.165) is 31.7 Å². The molecule has 0 fully saturated rings. The van der Waals surface area contributed by atoms with Crippen LogP contribution in [0.5, 0.6) is 5.75 Å². The van der Waals surface area contributed by atoms with Gasteiger partial charge < -0.3 is 4.74 Å². The molecule has 0 radical (unpaired) electrons.